The molecule has 2 rings (SSSR count). The van der Waals surface area contributed by atoms with Gasteiger partial charge in [0.05, 0.1) is 4.88 Å². The second kappa shape index (κ2) is 5.56. The molecule has 118 valence electrons. The van der Waals surface area contributed by atoms with E-state index in [1.54, 1.807) is 6.92 Å². The van der Waals surface area contributed by atoms with Crippen LogP contribution >= 0.6 is 11.3 Å². The number of carboxylic acid groups (broad SMARTS) is 1. The molecule has 2 aromatic rings. The van der Waals surface area contributed by atoms with Crippen molar-refractivity contribution in [3.63, 3.8) is 0 Å². The fourth-order valence-electron chi connectivity index (χ4n) is 1.80. The third-order valence-corrected chi connectivity index (χ3v) is 4.22. The zero-order valence-corrected chi connectivity index (χ0v) is 12.3. The molecule has 0 bridgehead atoms. The van der Waals surface area contributed by atoms with Crippen molar-refractivity contribution in [2.24, 2.45) is 0 Å². The molecule has 0 aromatic carbocycles. The molecular formula is C13H11F3N2O3S. The van der Waals surface area contributed by atoms with Crippen LogP contribution in [0.3, 0.4) is 0 Å². The number of alkyl halides is 3. The highest BCUT2D eigenvalue weighted by Gasteiger charge is 2.33. The second-order valence-electron chi connectivity index (χ2n) is 4.64. The molecule has 1 unspecified atom stereocenters. The molecule has 0 aliphatic carbocycles. The lowest BCUT2D eigenvalue weighted by atomic mass is 10.1. The first-order chi connectivity index (χ1) is 10.1. The van der Waals surface area contributed by atoms with E-state index in [0.29, 0.717) is 10.9 Å². The minimum absolute atomic E-state index is 0.0838. The smallest absolute Gasteiger partial charge is 0.433 e. The molecule has 2 heterocycles. The van der Waals surface area contributed by atoms with Crippen LogP contribution in [0.1, 0.15) is 27.9 Å². The summed E-state index contributed by atoms with van der Waals surface area (Å²) in [6.45, 7) is 2.87. The second-order valence-corrected chi connectivity index (χ2v) is 5.64. The average Bonchev–Trinajstić information content (AvgIpc) is 2.74. The van der Waals surface area contributed by atoms with Crippen molar-refractivity contribution in [2.75, 3.05) is 0 Å². The van der Waals surface area contributed by atoms with Gasteiger partial charge in [0.25, 0.3) is 5.91 Å². The molecule has 0 saturated heterocycles. The third-order valence-electron chi connectivity index (χ3n) is 3.02. The molecule has 0 radical (unpaired) electrons. The number of carbonyl (C=O) groups excluding carboxylic acids is 1. The molecule has 0 aliphatic heterocycles. The van der Waals surface area contributed by atoms with Crippen LogP contribution in [0.5, 0.6) is 0 Å². The number of hydrogen-bond donors (Lipinski definition) is 2. The fourth-order valence-corrected chi connectivity index (χ4v) is 2.88. The van der Waals surface area contributed by atoms with Crippen LogP contribution in [0.25, 0.3) is 10.2 Å². The number of fused-ring (bicyclic) bond motifs is 1. The summed E-state index contributed by atoms with van der Waals surface area (Å²) in [5.74, 6) is -1.85. The van der Waals surface area contributed by atoms with Crippen molar-refractivity contribution in [3.8, 4) is 0 Å². The Kier molecular flexibility index (Phi) is 4.10. The Bertz CT molecular complexity index is 755. The molecule has 22 heavy (non-hydrogen) atoms. The molecule has 1 amide bonds. The maximum absolute atomic E-state index is 12.6. The van der Waals surface area contributed by atoms with Crippen molar-refractivity contribution in [3.05, 3.63) is 28.3 Å². The van der Waals surface area contributed by atoms with Crippen molar-refractivity contribution in [1.29, 1.82) is 0 Å². The van der Waals surface area contributed by atoms with Gasteiger partial charge in [-0.25, -0.2) is 4.98 Å². The van der Waals surface area contributed by atoms with E-state index in [4.69, 9.17) is 5.11 Å². The minimum Gasteiger partial charge on any atom is -0.480 e. The fraction of sp³-hybridized carbons (Fsp3) is 0.308. The minimum atomic E-state index is -4.56. The number of amides is 1. The molecule has 0 fully saturated rings. The maximum atomic E-state index is 12.6. The van der Waals surface area contributed by atoms with Gasteiger partial charge in [-0.05, 0) is 31.5 Å². The maximum Gasteiger partial charge on any atom is 0.433 e. The van der Waals surface area contributed by atoms with E-state index >= 15 is 0 Å². The molecular weight excluding hydrogens is 321 g/mol. The summed E-state index contributed by atoms with van der Waals surface area (Å²) >= 11 is 0.800. The molecule has 9 heteroatoms. The van der Waals surface area contributed by atoms with Crippen LogP contribution in [-0.2, 0) is 11.0 Å². The molecule has 0 aliphatic rings. The van der Waals surface area contributed by atoms with Gasteiger partial charge in [-0.2, -0.15) is 13.2 Å². The zero-order valence-electron chi connectivity index (χ0n) is 11.5. The van der Waals surface area contributed by atoms with Gasteiger partial charge in [0, 0.05) is 5.39 Å². The largest absolute Gasteiger partial charge is 0.480 e. The van der Waals surface area contributed by atoms with Crippen LogP contribution in [0, 0.1) is 6.92 Å². The van der Waals surface area contributed by atoms with E-state index in [1.165, 1.54) is 13.0 Å². The van der Waals surface area contributed by atoms with E-state index in [1.807, 2.05) is 0 Å². The summed E-state index contributed by atoms with van der Waals surface area (Å²) in [5.41, 5.74) is -0.566. The summed E-state index contributed by atoms with van der Waals surface area (Å²) in [4.78, 5) is 26.5. The molecule has 5 nitrogen and oxygen atoms in total. The van der Waals surface area contributed by atoms with Crippen LogP contribution in [0.4, 0.5) is 13.2 Å². The van der Waals surface area contributed by atoms with E-state index in [9.17, 15) is 22.8 Å². The van der Waals surface area contributed by atoms with E-state index in [0.717, 1.165) is 17.4 Å². The van der Waals surface area contributed by atoms with E-state index in [-0.39, 0.29) is 9.71 Å². The average molecular weight is 332 g/mol. The summed E-state index contributed by atoms with van der Waals surface area (Å²) in [5, 5.41) is 11.5. The standard InChI is InChI=1S/C13H11F3N2O3S/c1-5-7-3-4-8(13(14,15)16)18-11(7)22-9(5)10(19)17-6(2)12(20)21/h3-4,6H,1-2H3,(H,17,19)(H,20,21). The van der Waals surface area contributed by atoms with Crippen molar-refractivity contribution < 1.29 is 27.9 Å². The van der Waals surface area contributed by atoms with E-state index < -0.39 is 29.8 Å². The van der Waals surface area contributed by atoms with Crippen LogP contribution in [0.2, 0.25) is 0 Å². The van der Waals surface area contributed by atoms with Crippen LogP contribution < -0.4 is 5.32 Å². The number of rotatable bonds is 3. The molecule has 2 N–H and O–H groups in total. The molecule has 2 aromatic heterocycles. The van der Waals surface area contributed by atoms with Gasteiger partial charge in [0.1, 0.15) is 16.6 Å². The Balaban J connectivity index is 2.42. The van der Waals surface area contributed by atoms with Gasteiger partial charge >= 0.3 is 12.1 Å². The Morgan fingerprint density at radius 3 is 2.55 bits per heavy atom. The van der Waals surface area contributed by atoms with Crippen molar-refractivity contribution in [2.45, 2.75) is 26.1 Å². The summed E-state index contributed by atoms with van der Waals surface area (Å²) in [7, 11) is 0. The van der Waals surface area contributed by atoms with E-state index in [2.05, 4.69) is 10.3 Å². The van der Waals surface area contributed by atoms with Crippen molar-refractivity contribution in [1.82, 2.24) is 10.3 Å². The topological polar surface area (TPSA) is 79.3 Å². The van der Waals surface area contributed by atoms with Gasteiger partial charge in [0.15, 0.2) is 0 Å². The van der Waals surface area contributed by atoms with Crippen LogP contribution in [-0.4, -0.2) is 28.0 Å². The molecule has 1 atom stereocenters. The molecule has 0 saturated carbocycles. The van der Waals surface area contributed by atoms with Gasteiger partial charge in [0.2, 0.25) is 0 Å². The number of carbonyl (C=O) groups is 2. The van der Waals surface area contributed by atoms with Gasteiger partial charge in [-0.3, -0.25) is 9.59 Å². The number of nitrogens with one attached hydrogen (secondary N) is 1. The summed E-state index contributed by atoms with van der Waals surface area (Å²) in [6, 6.07) is 1.01. The van der Waals surface area contributed by atoms with Gasteiger partial charge in [-0.15, -0.1) is 11.3 Å². The predicted molar refractivity (Wildman–Crippen MR) is 73.9 cm³/mol. The Labute approximate surface area is 126 Å². The van der Waals surface area contributed by atoms with Gasteiger partial charge < -0.3 is 10.4 Å². The zero-order chi connectivity index (χ0) is 16.7. The number of carboxylic acids is 1. The highest BCUT2D eigenvalue weighted by molar-refractivity contribution is 7.20. The Morgan fingerprint density at radius 2 is 2.00 bits per heavy atom. The van der Waals surface area contributed by atoms with Crippen molar-refractivity contribution >= 4 is 33.4 Å². The highest BCUT2D eigenvalue weighted by atomic mass is 32.1. The summed E-state index contributed by atoms with van der Waals surface area (Å²) in [6.07, 6.45) is -4.56. The van der Waals surface area contributed by atoms with Gasteiger partial charge in [-0.1, -0.05) is 0 Å². The number of halogens is 3. The monoisotopic (exact) mass is 332 g/mol. The quantitative estimate of drug-likeness (QED) is 0.906. The SMILES string of the molecule is Cc1c(C(=O)NC(C)C(=O)O)sc2nc(C(F)(F)F)ccc12. The predicted octanol–water partition coefficient (Wildman–Crippen LogP) is 2.83. The number of aryl methyl sites for hydroxylation is 1. The highest BCUT2D eigenvalue weighted by Crippen LogP contribution is 2.34. The first-order valence-electron chi connectivity index (χ1n) is 6.12. The first-order valence-corrected chi connectivity index (χ1v) is 6.94. The number of pyridine rings is 1. The first kappa shape index (κ1) is 16.2. The number of nitrogens with zero attached hydrogens (tertiary/aromatic N) is 1. The number of hydrogen-bond acceptors (Lipinski definition) is 4. The number of aromatic nitrogens is 1. The Morgan fingerprint density at radius 1 is 1.36 bits per heavy atom. The third kappa shape index (κ3) is 3.03. The Hall–Kier alpha value is -2.16. The lowest BCUT2D eigenvalue weighted by Gasteiger charge is -2.08. The number of aliphatic carboxylic acids is 1. The summed E-state index contributed by atoms with van der Waals surface area (Å²) < 4.78 is 37.9. The molecule has 0 spiro atoms. The van der Waals surface area contributed by atoms with Crippen LogP contribution in [0.15, 0.2) is 12.1 Å². The normalized spacial score (nSPS) is 13.1. The lowest BCUT2D eigenvalue weighted by Crippen LogP contribution is -2.38. The lowest BCUT2D eigenvalue weighted by molar-refractivity contribution is -0.141. The number of thiophene rings is 1.